The molecule has 2 N–H and O–H groups in total. The highest BCUT2D eigenvalue weighted by atomic mass is 32.2. The third-order valence-electron chi connectivity index (χ3n) is 7.17. The van der Waals surface area contributed by atoms with Crippen molar-refractivity contribution in [2.45, 2.75) is 55.8 Å². The zero-order chi connectivity index (χ0) is 21.1. The largest absolute Gasteiger partial charge is 0.296 e. The third kappa shape index (κ3) is 3.36. The highest BCUT2D eigenvalue weighted by Gasteiger charge is 2.53. The van der Waals surface area contributed by atoms with Crippen LogP contribution in [-0.2, 0) is 15.4 Å². The van der Waals surface area contributed by atoms with E-state index in [1.807, 2.05) is 0 Å². The van der Waals surface area contributed by atoms with E-state index in [-0.39, 0.29) is 16.2 Å². The van der Waals surface area contributed by atoms with Crippen molar-refractivity contribution in [3.63, 3.8) is 0 Å². The maximum absolute atomic E-state index is 12.9. The molecule has 160 valence electrons. The molecule has 0 unspecified atom stereocenters. The second-order valence-electron chi connectivity index (χ2n) is 9.25. The van der Waals surface area contributed by atoms with Crippen LogP contribution in [0.15, 0.2) is 23.1 Å². The molecule has 0 atom stereocenters. The molecule has 4 saturated carbocycles. The maximum Gasteiger partial charge on any atom is 0.257 e. The summed E-state index contributed by atoms with van der Waals surface area (Å²) in [5.41, 5.74) is 1.16. The molecule has 6 rings (SSSR count). The Bertz CT molecular complexity index is 1070. The summed E-state index contributed by atoms with van der Waals surface area (Å²) in [6.07, 6.45) is 7.70. The minimum atomic E-state index is -3.62. The van der Waals surface area contributed by atoms with Gasteiger partial charge in [0.05, 0.1) is 4.90 Å². The first kappa shape index (κ1) is 20.1. The molecule has 30 heavy (non-hydrogen) atoms. The second-order valence-corrected chi connectivity index (χ2v) is 12.1. The van der Waals surface area contributed by atoms with Crippen LogP contribution in [-0.4, -0.2) is 31.6 Å². The first-order valence-corrected chi connectivity index (χ1v) is 12.8. The molecule has 9 heteroatoms. The molecule has 0 spiro atoms. The molecule has 0 saturated heterocycles. The fourth-order valence-electron chi connectivity index (χ4n) is 6.16. The normalized spacial score (nSPS) is 29.9. The van der Waals surface area contributed by atoms with Gasteiger partial charge in [-0.2, -0.15) is 0 Å². The number of rotatable bonds is 5. The average molecular weight is 447 g/mol. The van der Waals surface area contributed by atoms with E-state index in [1.165, 1.54) is 69.0 Å². The smallest absolute Gasteiger partial charge is 0.257 e. The number of amides is 1. The van der Waals surface area contributed by atoms with E-state index >= 15 is 0 Å². The zero-order valence-corrected chi connectivity index (χ0v) is 18.8. The van der Waals surface area contributed by atoms with Crippen molar-refractivity contribution in [1.82, 2.24) is 14.9 Å². The van der Waals surface area contributed by atoms with Gasteiger partial charge in [-0.1, -0.05) is 17.4 Å². The molecule has 1 aromatic carbocycles. The molecular weight excluding hydrogens is 420 g/mol. The Morgan fingerprint density at radius 1 is 1.10 bits per heavy atom. The molecule has 4 aliphatic rings. The van der Waals surface area contributed by atoms with E-state index in [1.54, 1.807) is 13.0 Å². The molecule has 7 nitrogen and oxygen atoms in total. The number of aryl methyl sites for hydroxylation is 1. The van der Waals surface area contributed by atoms with E-state index < -0.39 is 10.0 Å². The number of aromatic nitrogens is 2. The first-order valence-electron chi connectivity index (χ1n) is 10.5. The van der Waals surface area contributed by atoms with Gasteiger partial charge in [0.25, 0.3) is 5.91 Å². The number of nitrogens with zero attached hydrogens (tertiary/aromatic N) is 2. The van der Waals surface area contributed by atoms with Crippen LogP contribution < -0.4 is 10.0 Å². The van der Waals surface area contributed by atoms with E-state index in [0.717, 1.165) is 22.8 Å². The summed E-state index contributed by atoms with van der Waals surface area (Å²) in [7, 11) is -2.27. The molecule has 4 bridgehead atoms. The van der Waals surface area contributed by atoms with Gasteiger partial charge in [0.1, 0.15) is 5.01 Å². The van der Waals surface area contributed by atoms with Crippen LogP contribution in [0, 0.1) is 24.7 Å². The number of benzene rings is 1. The lowest BCUT2D eigenvalue weighted by atomic mass is 9.50. The second kappa shape index (κ2) is 7.10. The third-order valence-corrected chi connectivity index (χ3v) is 9.67. The minimum Gasteiger partial charge on any atom is -0.296 e. The van der Waals surface area contributed by atoms with Crippen molar-refractivity contribution in [3.8, 4) is 0 Å². The summed E-state index contributed by atoms with van der Waals surface area (Å²) in [6.45, 7) is 1.78. The van der Waals surface area contributed by atoms with Crippen molar-refractivity contribution < 1.29 is 13.2 Å². The number of anilines is 1. The fourth-order valence-corrected chi connectivity index (χ4v) is 7.87. The van der Waals surface area contributed by atoms with Crippen molar-refractivity contribution in [1.29, 1.82) is 0 Å². The van der Waals surface area contributed by atoms with Crippen LogP contribution in [0.4, 0.5) is 5.13 Å². The van der Waals surface area contributed by atoms with Crippen LogP contribution in [0.25, 0.3) is 0 Å². The van der Waals surface area contributed by atoms with Crippen LogP contribution >= 0.6 is 11.3 Å². The number of nitrogens with one attached hydrogen (secondary N) is 2. The summed E-state index contributed by atoms with van der Waals surface area (Å²) in [5, 5.41) is 13.1. The molecule has 1 heterocycles. The maximum atomic E-state index is 12.9. The molecule has 2 aromatic rings. The number of sulfonamides is 1. The van der Waals surface area contributed by atoms with Crippen molar-refractivity contribution >= 4 is 32.4 Å². The van der Waals surface area contributed by atoms with Crippen molar-refractivity contribution in [2.24, 2.45) is 17.8 Å². The Morgan fingerprint density at radius 3 is 2.33 bits per heavy atom. The lowest BCUT2D eigenvalue weighted by molar-refractivity contribution is -0.00555. The quantitative estimate of drug-likeness (QED) is 0.732. The van der Waals surface area contributed by atoms with Gasteiger partial charge >= 0.3 is 0 Å². The fraction of sp³-hybridized carbons (Fsp3) is 0.571. The zero-order valence-electron chi connectivity index (χ0n) is 17.1. The molecule has 1 amide bonds. The number of hydrogen-bond donors (Lipinski definition) is 2. The van der Waals surface area contributed by atoms with Crippen LogP contribution in [0.1, 0.15) is 59.5 Å². The van der Waals surface area contributed by atoms with Crippen molar-refractivity contribution in [3.05, 3.63) is 34.3 Å². The van der Waals surface area contributed by atoms with E-state index in [0.29, 0.717) is 16.3 Å². The molecule has 0 aliphatic heterocycles. The van der Waals surface area contributed by atoms with Gasteiger partial charge in [-0.05, 0) is 87.9 Å². The van der Waals surface area contributed by atoms with Gasteiger partial charge in [0.15, 0.2) is 0 Å². The van der Waals surface area contributed by atoms with E-state index in [2.05, 4.69) is 20.2 Å². The lowest BCUT2D eigenvalue weighted by Crippen LogP contribution is -2.48. The minimum absolute atomic E-state index is 0.0623. The Labute approximate surface area is 180 Å². The Balaban J connectivity index is 1.37. The van der Waals surface area contributed by atoms with E-state index in [4.69, 9.17) is 0 Å². The first-order chi connectivity index (χ1) is 14.3. The summed E-state index contributed by atoms with van der Waals surface area (Å²) >= 11 is 1.48. The van der Waals surface area contributed by atoms with Gasteiger partial charge in [0.2, 0.25) is 15.2 Å². The number of hydrogen-bond acceptors (Lipinski definition) is 6. The predicted molar refractivity (Wildman–Crippen MR) is 115 cm³/mol. The topological polar surface area (TPSA) is 101 Å². The SMILES string of the molecule is CNS(=O)(=O)c1ccc(C)c(C(=O)Nc2nnc(C34CC5CC(CC(C5)C3)C4)s2)c1. The summed E-state index contributed by atoms with van der Waals surface area (Å²) in [6, 6.07) is 4.53. The summed E-state index contributed by atoms with van der Waals surface area (Å²) in [4.78, 5) is 12.9. The Hall–Kier alpha value is -1.84. The van der Waals surface area contributed by atoms with Gasteiger partial charge in [-0.15, -0.1) is 10.2 Å². The number of carbonyl (C=O) groups is 1. The molecular formula is C21H26N4O3S2. The predicted octanol–water partition coefficient (Wildman–Crippen LogP) is 3.47. The van der Waals surface area contributed by atoms with Crippen molar-refractivity contribution in [2.75, 3.05) is 12.4 Å². The molecule has 1 aromatic heterocycles. The average Bonchev–Trinajstić information content (AvgIpc) is 3.16. The Kier molecular flexibility index (Phi) is 4.75. The lowest BCUT2D eigenvalue weighted by Gasteiger charge is -2.55. The summed E-state index contributed by atoms with van der Waals surface area (Å²) in [5.74, 6) is 2.09. The number of carbonyl (C=O) groups excluding carboxylic acids is 1. The molecule has 4 aliphatic carbocycles. The van der Waals surface area contributed by atoms with Crippen LogP contribution in [0.2, 0.25) is 0 Å². The highest BCUT2D eigenvalue weighted by molar-refractivity contribution is 7.89. The van der Waals surface area contributed by atoms with Crippen LogP contribution in [0.3, 0.4) is 0 Å². The summed E-state index contributed by atoms with van der Waals surface area (Å²) < 4.78 is 26.5. The highest BCUT2D eigenvalue weighted by Crippen LogP contribution is 2.61. The standard InChI is InChI=1S/C21H26N4O3S2/c1-12-3-4-16(30(27,28)22-2)8-17(12)18(26)23-20-25-24-19(29-20)21-9-13-5-14(10-21)7-15(6-13)11-21/h3-4,8,13-15,22H,5-7,9-11H2,1-2H3,(H,23,25,26). The van der Waals surface area contributed by atoms with Gasteiger partial charge in [-0.3, -0.25) is 10.1 Å². The van der Waals surface area contributed by atoms with Gasteiger partial charge in [-0.25, -0.2) is 13.1 Å². The molecule has 0 radical (unpaired) electrons. The van der Waals surface area contributed by atoms with Gasteiger partial charge in [0, 0.05) is 11.0 Å². The Morgan fingerprint density at radius 2 is 1.73 bits per heavy atom. The monoisotopic (exact) mass is 446 g/mol. The molecule has 4 fully saturated rings. The van der Waals surface area contributed by atoms with E-state index in [9.17, 15) is 13.2 Å². The van der Waals surface area contributed by atoms with Gasteiger partial charge < -0.3 is 0 Å². The van der Waals surface area contributed by atoms with Crippen LogP contribution in [0.5, 0.6) is 0 Å².